The highest BCUT2D eigenvalue weighted by molar-refractivity contribution is 5.11. The fraction of sp³-hybridized carbons (Fsp3) is 0.800. The Morgan fingerprint density at radius 3 is 2.58 bits per heavy atom. The number of rotatable bonds is 6. The van der Waals surface area contributed by atoms with E-state index in [9.17, 15) is 0 Å². The Morgan fingerprint density at radius 2 is 2.11 bits per heavy atom. The second kappa shape index (κ2) is 5.63. The summed E-state index contributed by atoms with van der Waals surface area (Å²) in [5, 5.41) is 3.71. The van der Waals surface area contributed by atoms with E-state index in [4.69, 9.17) is 4.74 Å². The number of aromatic nitrogens is 2. The SMILES string of the molecule is CCC1(CC)C(NCc2nccn2C)C(C)C1OC. The lowest BCUT2D eigenvalue weighted by atomic mass is 9.53. The van der Waals surface area contributed by atoms with E-state index in [0.29, 0.717) is 18.1 Å². The van der Waals surface area contributed by atoms with Gasteiger partial charge >= 0.3 is 0 Å². The molecule has 2 rings (SSSR count). The highest BCUT2D eigenvalue weighted by Gasteiger charge is 2.57. The summed E-state index contributed by atoms with van der Waals surface area (Å²) in [6.45, 7) is 7.66. The second-order valence-corrected chi connectivity index (χ2v) is 5.77. The molecular weight excluding hydrogens is 238 g/mol. The van der Waals surface area contributed by atoms with Gasteiger partial charge in [-0.15, -0.1) is 0 Å². The van der Waals surface area contributed by atoms with E-state index in [0.717, 1.165) is 25.2 Å². The summed E-state index contributed by atoms with van der Waals surface area (Å²) in [6, 6.07) is 0.518. The van der Waals surface area contributed by atoms with E-state index in [-0.39, 0.29) is 5.41 Å². The molecule has 1 aromatic heterocycles. The number of nitrogens with one attached hydrogen (secondary N) is 1. The monoisotopic (exact) mass is 265 g/mol. The molecule has 1 fully saturated rings. The van der Waals surface area contributed by atoms with E-state index < -0.39 is 0 Å². The maximum atomic E-state index is 5.73. The Morgan fingerprint density at radius 1 is 1.42 bits per heavy atom. The van der Waals surface area contributed by atoms with Crippen LogP contribution < -0.4 is 5.32 Å². The van der Waals surface area contributed by atoms with Crippen LogP contribution in [0.2, 0.25) is 0 Å². The Balaban J connectivity index is 2.05. The molecule has 1 aliphatic rings. The third-order valence-corrected chi connectivity index (χ3v) is 5.16. The minimum atomic E-state index is 0.277. The van der Waals surface area contributed by atoms with Crippen molar-refractivity contribution in [3.05, 3.63) is 18.2 Å². The molecule has 4 heteroatoms. The molecule has 4 nitrogen and oxygen atoms in total. The van der Waals surface area contributed by atoms with Crippen LogP contribution in [-0.2, 0) is 18.3 Å². The maximum absolute atomic E-state index is 5.73. The lowest BCUT2D eigenvalue weighted by Crippen LogP contribution is -2.69. The van der Waals surface area contributed by atoms with Crippen molar-refractivity contribution >= 4 is 0 Å². The summed E-state index contributed by atoms with van der Waals surface area (Å²) in [7, 11) is 3.88. The summed E-state index contributed by atoms with van der Waals surface area (Å²) in [6.07, 6.45) is 6.54. The lowest BCUT2D eigenvalue weighted by Gasteiger charge is -2.60. The summed E-state index contributed by atoms with van der Waals surface area (Å²) < 4.78 is 7.80. The van der Waals surface area contributed by atoms with Crippen LogP contribution in [0.5, 0.6) is 0 Å². The van der Waals surface area contributed by atoms with Gasteiger partial charge in [-0.2, -0.15) is 0 Å². The molecule has 0 aromatic carbocycles. The molecule has 3 unspecified atom stereocenters. The fourth-order valence-corrected chi connectivity index (χ4v) is 3.98. The smallest absolute Gasteiger partial charge is 0.122 e. The average Bonchev–Trinajstić information content (AvgIpc) is 2.81. The van der Waals surface area contributed by atoms with Gasteiger partial charge in [0, 0.05) is 38.0 Å². The van der Waals surface area contributed by atoms with Gasteiger partial charge in [0.2, 0.25) is 0 Å². The number of hydrogen-bond acceptors (Lipinski definition) is 3. The third kappa shape index (κ3) is 2.21. The van der Waals surface area contributed by atoms with Crippen LogP contribution in [0.4, 0.5) is 0 Å². The molecule has 0 spiro atoms. The summed E-state index contributed by atoms with van der Waals surface area (Å²) in [4.78, 5) is 4.38. The Labute approximate surface area is 116 Å². The summed E-state index contributed by atoms with van der Waals surface area (Å²) in [5.74, 6) is 1.65. The number of hydrogen-bond donors (Lipinski definition) is 1. The summed E-state index contributed by atoms with van der Waals surface area (Å²) in [5.41, 5.74) is 0.277. The highest BCUT2D eigenvalue weighted by atomic mass is 16.5. The molecular formula is C15H27N3O. The molecule has 1 heterocycles. The van der Waals surface area contributed by atoms with Gasteiger partial charge in [-0.05, 0) is 18.8 Å². The predicted molar refractivity (Wildman–Crippen MR) is 76.8 cm³/mol. The minimum absolute atomic E-state index is 0.277. The number of ether oxygens (including phenoxy) is 1. The van der Waals surface area contributed by atoms with Crippen LogP contribution >= 0.6 is 0 Å². The number of imidazole rings is 1. The highest BCUT2D eigenvalue weighted by Crippen LogP contribution is 2.52. The molecule has 3 atom stereocenters. The first-order valence-corrected chi connectivity index (χ1v) is 7.33. The molecule has 0 aliphatic heterocycles. The van der Waals surface area contributed by atoms with Crippen molar-refractivity contribution in [1.82, 2.24) is 14.9 Å². The number of methoxy groups -OCH3 is 1. The molecule has 1 saturated carbocycles. The first-order valence-electron chi connectivity index (χ1n) is 7.33. The van der Waals surface area contributed by atoms with Crippen LogP contribution in [0.25, 0.3) is 0 Å². The summed E-state index contributed by atoms with van der Waals surface area (Å²) >= 11 is 0. The van der Waals surface area contributed by atoms with E-state index in [1.165, 1.54) is 0 Å². The van der Waals surface area contributed by atoms with E-state index in [1.807, 2.05) is 26.6 Å². The van der Waals surface area contributed by atoms with Gasteiger partial charge in [0.1, 0.15) is 5.82 Å². The van der Waals surface area contributed by atoms with Gasteiger partial charge in [0.15, 0.2) is 0 Å². The molecule has 0 bridgehead atoms. The second-order valence-electron chi connectivity index (χ2n) is 5.77. The number of aryl methyl sites for hydroxylation is 1. The van der Waals surface area contributed by atoms with Crippen LogP contribution in [0.3, 0.4) is 0 Å². The lowest BCUT2D eigenvalue weighted by molar-refractivity contribution is -0.168. The molecule has 1 aromatic rings. The van der Waals surface area contributed by atoms with Crippen LogP contribution in [0.1, 0.15) is 39.4 Å². The first kappa shape index (κ1) is 14.5. The quantitative estimate of drug-likeness (QED) is 0.858. The molecule has 0 amide bonds. The zero-order valence-electron chi connectivity index (χ0n) is 12.8. The zero-order chi connectivity index (χ0) is 14.0. The Hall–Kier alpha value is -0.870. The van der Waals surface area contributed by atoms with Crippen molar-refractivity contribution < 1.29 is 4.74 Å². The molecule has 0 saturated heterocycles. The van der Waals surface area contributed by atoms with Crippen molar-refractivity contribution in [3.63, 3.8) is 0 Å². The molecule has 0 radical (unpaired) electrons. The Bertz CT molecular complexity index is 411. The Kier molecular flexibility index (Phi) is 4.31. The van der Waals surface area contributed by atoms with Crippen molar-refractivity contribution in [2.24, 2.45) is 18.4 Å². The van der Waals surface area contributed by atoms with Crippen LogP contribution in [0, 0.1) is 11.3 Å². The minimum Gasteiger partial charge on any atom is -0.380 e. The van der Waals surface area contributed by atoms with Crippen molar-refractivity contribution in [2.75, 3.05) is 7.11 Å². The molecule has 1 aliphatic carbocycles. The van der Waals surface area contributed by atoms with E-state index in [1.54, 1.807) is 0 Å². The van der Waals surface area contributed by atoms with Gasteiger partial charge in [-0.3, -0.25) is 0 Å². The predicted octanol–water partition coefficient (Wildman–Crippen LogP) is 2.35. The van der Waals surface area contributed by atoms with Crippen molar-refractivity contribution in [3.8, 4) is 0 Å². The van der Waals surface area contributed by atoms with Gasteiger partial charge in [0.25, 0.3) is 0 Å². The van der Waals surface area contributed by atoms with E-state index in [2.05, 4.69) is 35.6 Å². The van der Waals surface area contributed by atoms with E-state index >= 15 is 0 Å². The molecule has 1 N–H and O–H groups in total. The van der Waals surface area contributed by atoms with Gasteiger partial charge in [0.05, 0.1) is 12.6 Å². The van der Waals surface area contributed by atoms with Crippen molar-refractivity contribution in [1.29, 1.82) is 0 Å². The first-order chi connectivity index (χ1) is 9.10. The average molecular weight is 265 g/mol. The molecule has 19 heavy (non-hydrogen) atoms. The van der Waals surface area contributed by atoms with Gasteiger partial charge in [-0.1, -0.05) is 20.8 Å². The van der Waals surface area contributed by atoms with Crippen LogP contribution in [-0.4, -0.2) is 28.8 Å². The maximum Gasteiger partial charge on any atom is 0.122 e. The van der Waals surface area contributed by atoms with Crippen molar-refractivity contribution in [2.45, 2.75) is 52.3 Å². The topological polar surface area (TPSA) is 39.1 Å². The third-order valence-electron chi connectivity index (χ3n) is 5.16. The van der Waals surface area contributed by atoms with Crippen LogP contribution in [0.15, 0.2) is 12.4 Å². The normalized spacial score (nSPS) is 29.2. The fourth-order valence-electron chi connectivity index (χ4n) is 3.98. The number of nitrogens with zero attached hydrogens (tertiary/aromatic N) is 2. The standard InChI is InChI=1S/C15H27N3O/c1-6-15(7-2)13(11(3)14(15)19-5)17-10-12-16-8-9-18(12)4/h8-9,11,13-14,17H,6-7,10H2,1-5H3. The molecule has 108 valence electrons. The zero-order valence-corrected chi connectivity index (χ0v) is 12.8. The van der Waals surface area contributed by atoms with Gasteiger partial charge in [-0.25, -0.2) is 4.98 Å². The van der Waals surface area contributed by atoms with Gasteiger partial charge < -0.3 is 14.6 Å². The largest absolute Gasteiger partial charge is 0.380 e.